The zero-order valence-corrected chi connectivity index (χ0v) is 13.6. The number of hydrogen-bond donors (Lipinski definition) is 3. The first kappa shape index (κ1) is 17.1. The van der Waals surface area contributed by atoms with Gasteiger partial charge < -0.3 is 25.5 Å². The largest absolute Gasteiger partial charge is 0.374 e. The first-order chi connectivity index (χ1) is 12.2. The van der Waals surface area contributed by atoms with Gasteiger partial charge in [-0.1, -0.05) is 30.3 Å². The molecule has 0 amide bonds. The second kappa shape index (κ2) is 7.88. The number of anilines is 1. The van der Waals surface area contributed by atoms with Gasteiger partial charge in [-0.05, 0) is 5.56 Å². The third kappa shape index (κ3) is 4.21. The number of nitrogens with two attached hydrogens (primary N) is 2. The molecule has 9 heteroatoms. The van der Waals surface area contributed by atoms with Crippen LogP contribution in [0.5, 0.6) is 0 Å². The SMILES string of the molecule is NCC(COCc1ccccc1)OCn1cnc2nc(N)[nH]c(=O)c21. The van der Waals surface area contributed by atoms with Crippen molar-refractivity contribution in [1.82, 2.24) is 19.5 Å². The molecule has 2 aromatic heterocycles. The maximum atomic E-state index is 12.0. The highest BCUT2D eigenvalue weighted by Gasteiger charge is 2.12. The molecule has 9 nitrogen and oxygen atoms in total. The van der Waals surface area contributed by atoms with E-state index in [-0.39, 0.29) is 30.0 Å². The van der Waals surface area contributed by atoms with Crippen LogP contribution in [0.3, 0.4) is 0 Å². The van der Waals surface area contributed by atoms with Crippen LogP contribution in [0.1, 0.15) is 5.56 Å². The molecular weight excluding hydrogens is 324 g/mol. The predicted molar refractivity (Wildman–Crippen MR) is 92.6 cm³/mol. The van der Waals surface area contributed by atoms with Crippen LogP contribution in [0.25, 0.3) is 11.2 Å². The molecule has 1 unspecified atom stereocenters. The van der Waals surface area contributed by atoms with Gasteiger partial charge in [-0.15, -0.1) is 0 Å². The number of nitrogens with zero attached hydrogens (tertiary/aromatic N) is 3. The van der Waals surface area contributed by atoms with E-state index in [0.29, 0.717) is 25.3 Å². The van der Waals surface area contributed by atoms with Crippen molar-refractivity contribution < 1.29 is 9.47 Å². The average molecular weight is 344 g/mol. The zero-order chi connectivity index (χ0) is 17.6. The number of aromatic amines is 1. The van der Waals surface area contributed by atoms with E-state index in [1.807, 2.05) is 30.3 Å². The molecular formula is C16H20N6O3. The minimum Gasteiger partial charge on any atom is -0.374 e. The molecule has 0 saturated heterocycles. The summed E-state index contributed by atoms with van der Waals surface area (Å²) in [6.45, 7) is 1.24. The number of imidazole rings is 1. The first-order valence-electron chi connectivity index (χ1n) is 7.81. The number of hydrogen-bond acceptors (Lipinski definition) is 7. The summed E-state index contributed by atoms with van der Waals surface area (Å²) < 4.78 is 12.9. The molecule has 5 N–H and O–H groups in total. The molecule has 1 atom stereocenters. The molecule has 3 rings (SSSR count). The molecule has 0 fully saturated rings. The number of ether oxygens (including phenoxy) is 2. The van der Waals surface area contributed by atoms with E-state index in [1.54, 1.807) is 4.57 Å². The molecule has 25 heavy (non-hydrogen) atoms. The standard InChI is InChI=1S/C16H20N6O3/c17-6-12(8-24-7-11-4-2-1-3-5-11)25-10-22-9-19-14-13(22)15(23)21-16(18)20-14/h1-5,9,12H,6-8,10,17H2,(H3,18,20,21,23). The molecule has 0 saturated carbocycles. The van der Waals surface area contributed by atoms with Crippen LogP contribution in [0.15, 0.2) is 41.5 Å². The fraction of sp³-hybridized carbons (Fsp3) is 0.312. The molecule has 0 aliphatic carbocycles. The summed E-state index contributed by atoms with van der Waals surface area (Å²) in [6.07, 6.45) is 1.17. The number of H-pyrrole nitrogens is 1. The topological polar surface area (TPSA) is 134 Å². The van der Waals surface area contributed by atoms with Gasteiger partial charge in [-0.25, -0.2) is 4.98 Å². The molecule has 0 aliphatic rings. The van der Waals surface area contributed by atoms with Crippen molar-refractivity contribution in [2.24, 2.45) is 5.73 Å². The highest BCUT2D eigenvalue weighted by molar-refractivity contribution is 5.70. The fourth-order valence-electron chi connectivity index (χ4n) is 2.35. The summed E-state index contributed by atoms with van der Waals surface area (Å²) in [6, 6.07) is 9.84. The Morgan fingerprint density at radius 1 is 1.28 bits per heavy atom. The van der Waals surface area contributed by atoms with Crippen LogP contribution >= 0.6 is 0 Å². The summed E-state index contributed by atoms with van der Waals surface area (Å²) >= 11 is 0. The molecule has 0 aliphatic heterocycles. The fourth-order valence-corrected chi connectivity index (χ4v) is 2.35. The van der Waals surface area contributed by atoms with E-state index >= 15 is 0 Å². The zero-order valence-electron chi connectivity index (χ0n) is 13.6. The molecule has 3 aromatic rings. The number of fused-ring (bicyclic) bond motifs is 1. The lowest BCUT2D eigenvalue weighted by Gasteiger charge is -2.16. The van der Waals surface area contributed by atoms with E-state index < -0.39 is 0 Å². The summed E-state index contributed by atoms with van der Waals surface area (Å²) in [7, 11) is 0. The second-order valence-electron chi connectivity index (χ2n) is 5.49. The van der Waals surface area contributed by atoms with Gasteiger partial charge in [0.1, 0.15) is 6.73 Å². The van der Waals surface area contributed by atoms with E-state index in [2.05, 4.69) is 15.0 Å². The van der Waals surface area contributed by atoms with Gasteiger partial charge in [0, 0.05) is 6.54 Å². The molecule has 2 heterocycles. The summed E-state index contributed by atoms with van der Waals surface area (Å²) in [5.74, 6) is 0.0258. The number of aromatic nitrogens is 4. The Bertz CT molecular complexity index is 876. The van der Waals surface area contributed by atoms with Crippen molar-refractivity contribution in [2.75, 3.05) is 18.9 Å². The molecule has 0 bridgehead atoms. The lowest BCUT2D eigenvalue weighted by molar-refractivity contribution is -0.0428. The summed E-state index contributed by atoms with van der Waals surface area (Å²) in [4.78, 5) is 22.5. The lowest BCUT2D eigenvalue weighted by atomic mass is 10.2. The van der Waals surface area contributed by atoms with Gasteiger partial charge in [-0.3, -0.25) is 9.78 Å². The highest BCUT2D eigenvalue weighted by Crippen LogP contribution is 2.07. The number of nitrogen functional groups attached to an aromatic ring is 1. The van der Waals surface area contributed by atoms with Crippen molar-refractivity contribution in [1.29, 1.82) is 0 Å². The molecule has 0 spiro atoms. The maximum absolute atomic E-state index is 12.0. The Morgan fingerprint density at radius 2 is 2.08 bits per heavy atom. The first-order valence-corrected chi connectivity index (χ1v) is 7.81. The van der Waals surface area contributed by atoms with Gasteiger partial charge in [0.25, 0.3) is 5.56 Å². The van der Waals surface area contributed by atoms with Crippen molar-refractivity contribution in [3.63, 3.8) is 0 Å². The van der Waals surface area contributed by atoms with Crippen LogP contribution < -0.4 is 17.0 Å². The third-order valence-electron chi connectivity index (χ3n) is 3.63. The summed E-state index contributed by atoms with van der Waals surface area (Å²) in [5.41, 5.74) is 12.5. The number of nitrogens with one attached hydrogen (secondary N) is 1. The molecule has 132 valence electrons. The van der Waals surface area contributed by atoms with Crippen LogP contribution in [0, 0.1) is 0 Å². The van der Waals surface area contributed by atoms with Gasteiger partial charge in [0.2, 0.25) is 5.95 Å². The van der Waals surface area contributed by atoms with Crippen molar-refractivity contribution in [3.8, 4) is 0 Å². The number of benzene rings is 1. The maximum Gasteiger partial charge on any atom is 0.278 e. The second-order valence-corrected chi connectivity index (χ2v) is 5.49. The van der Waals surface area contributed by atoms with Crippen molar-refractivity contribution in [2.45, 2.75) is 19.4 Å². The monoisotopic (exact) mass is 344 g/mol. The van der Waals surface area contributed by atoms with E-state index in [1.165, 1.54) is 6.33 Å². The average Bonchev–Trinajstić information content (AvgIpc) is 3.02. The Labute approximate surface area is 143 Å². The van der Waals surface area contributed by atoms with Crippen LogP contribution in [-0.4, -0.2) is 38.8 Å². The van der Waals surface area contributed by atoms with E-state index in [4.69, 9.17) is 20.9 Å². The van der Waals surface area contributed by atoms with E-state index in [0.717, 1.165) is 5.56 Å². The normalized spacial score (nSPS) is 12.5. The lowest BCUT2D eigenvalue weighted by Crippen LogP contribution is -2.30. The third-order valence-corrected chi connectivity index (χ3v) is 3.63. The van der Waals surface area contributed by atoms with Gasteiger partial charge in [0.05, 0.1) is 25.6 Å². The Morgan fingerprint density at radius 3 is 2.84 bits per heavy atom. The molecule has 1 aromatic carbocycles. The van der Waals surface area contributed by atoms with Crippen LogP contribution in [0.4, 0.5) is 5.95 Å². The molecule has 0 radical (unpaired) electrons. The quantitative estimate of drug-likeness (QED) is 0.532. The minimum absolute atomic E-state index is 0.0258. The van der Waals surface area contributed by atoms with E-state index in [9.17, 15) is 4.79 Å². The Balaban J connectivity index is 1.57. The Hall–Kier alpha value is -2.75. The minimum atomic E-state index is -0.367. The summed E-state index contributed by atoms with van der Waals surface area (Å²) in [5, 5.41) is 0. The Kier molecular flexibility index (Phi) is 5.39. The number of rotatable bonds is 8. The predicted octanol–water partition coefficient (Wildman–Crippen LogP) is 0.220. The van der Waals surface area contributed by atoms with Crippen molar-refractivity contribution >= 4 is 17.1 Å². The highest BCUT2D eigenvalue weighted by atomic mass is 16.5. The van der Waals surface area contributed by atoms with Gasteiger partial charge >= 0.3 is 0 Å². The van der Waals surface area contributed by atoms with Crippen LogP contribution in [-0.2, 0) is 22.8 Å². The van der Waals surface area contributed by atoms with Crippen molar-refractivity contribution in [3.05, 3.63) is 52.6 Å². The van der Waals surface area contributed by atoms with Crippen LogP contribution in [0.2, 0.25) is 0 Å². The van der Waals surface area contributed by atoms with Gasteiger partial charge in [-0.2, -0.15) is 4.98 Å². The smallest absolute Gasteiger partial charge is 0.278 e. The van der Waals surface area contributed by atoms with Gasteiger partial charge in [0.15, 0.2) is 11.2 Å².